The number of hydrogen-bond acceptors (Lipinski definition) is 1. The van der Waals surface area contributed by atoms with E-state index in [1.807, 2.05) is 6.07 Å². The molecule has 4 aromatic carbocycles. The molecule has 4 rings (SSSR count). The molecule has 0 aliphatic heterocycles. The fourth-order valence-electron chi connectivity index (χ4n) is 4.31. The van der Waals surface area contributed by atoms with Crippen molar-refractivity contribution in [3.63, 3.8) is 0 Å². The Bertz CT molecular complexity index is 1390. The minimum Gasteiger partial charge on any atom is -0.248 e. The second kappa shape index (κ2) is 10.3. The average Bonchev–Trinajstić information content (AvgIpc) is 2.84. The standard InChI is InChI=1S/C33H31N/c1-23-13-11-18-29(21-23)27(5)34-32(28-16-7-6-8-17-28)22-26(4)31-20-12-15-25(3)33(31)30-19-10-9-14-24(30)2/h6-22H,5H2,1-4H3/b26-22+,34-32?. The summed E-state index contributed by atoms with van der Waals surface area (Å²) < 4.78 is 0. The Morgan fingerprint density at radius 2 is 1.35 bits per heavy atom. The van der Waals surface area contributed by atoms with Gasteiger partial charge >= 0.3 is 0 Å². The summed E-state index contributed by atoms with van der Waals surface area (Å²) in [6, 6.07) is 33.8. The summed E-state index contributed by atoms with van der Waals surface area (Å²) in [5, 5.41) is 0. The van der Waals surface area contributed by atoms with Gasteiger partial charge in [-0.05, 0) is 78.8 Å². The van der Waals surface area contributed by atoms with Gasteiger partial charge in [0.05, 0.1) is 11.4 Å². The molecule has 0 aliphatic carbocycles. The third kappa shape index (κ3) is 5.15. The van der Waals surface area contributed by atoms with E-state index >= 15 is 0 Å². The number of hydrogen-bond donors (Lipinski definition) is 0. The number of allylic oxidation sites excluding steroid dienone is 2. The highest BCUT2D eigenvalue weighted by molar-refractivity contribution is 6.14. The lowest BCUT2D eigenvalue weighted by Crippen LogP contribution is -2.00. The zero-order chi connectivity index (χ0) is 24.1. The van der Waals surface area contributed by atoms with E-state index in [-0.39, 0.29) is 0 Å². The van der Waals surface area contributed by atoms with E-state index in [1.54, 1.807) is 0 Å². The van der Waals surface area contributed by atoms with Crippen molar-refractivity contribution in [1.29, 1.82) is 0 Å². The predicted molar refractivity (Wildman–Crippen MR) is 148 cm³/mol. The van der Waals surface area contributed by atoms with E-state index in [2.05, 4.69) is 131 Å². The number of aryl methyl sites for hydroxylation is 3. The Kier molecular flexibility index (Phi) is 7.04. The molecule has 0 unspecified atom stereocenters. The first-order valence-electron chi connectivity index (χ1n) is 11.7. The number of benzene rings is 4. The number of nitrogens with zero attached hydrogens (tertiary/aromatic N) is 1. The number of aliphatic imine (C=N–C) groups is 1. The Morgan fingerprint density at radius 1 is 0.706 bits per heavy atom. The van der Waals surface area contributed by atoms with Crippen molar-refractivity contribution in [3.05, 3.63) is 143 Å². The van der Waals surface area contributed by atoms with Crippen molar-refractivity contribution in [2.24, 2.45) is 4.99 Å². The molecule has 0 aromatic heterocycles. The monoisotopic (exact) mass is 441 g/mol. The molecule has 1 heteroatoms. The van der Waals surface area contributed by atoms with Crippen LogP contribution in [0, 0.1) is 20.8 Å². The largest absolute Gasteiger partial charge is 0.248 e. The third-order valence-corrected chi connectivity index (χ3v) is 6.14. The van der Waals surface area contributed by atoms with E-state index in [1.165, 1.54) is 39.0 Å². The van der Waals surface area contributed by atoms with Crippen LogP contribution in [0.15, 0.2) is 115 Å². The van der Waals surface area contributed by atoms with E-state index in [9.17, 15) is 0 Å². The summed E-state index contributed by atoms with van der Waals surface area (Å²) in [5.74, 6) is 0. The fourth-order valence-corrected chi connectivity index (χ4v) is 4.31. The van der Waals surface area contributed by atoms with Crippen LogP contribution >= 0.6 is 0 Å². The quantitative estimate of drug-likeness (QED) is 0.265. The summed E-state index contributed by atoms with van der Waals surface area (Å²) in [7, 11) is 0. The maximum atomic E-state index is 5.01. The summed E-state index contributed by atoms with van der Waals surface area (Å²) >= 11 is 0. The van der Waals surface area contributed by atoms with Crippen LogP contribution in [-0.2, 0) is 0 Å². The summed E-state index contributed by atoms with van der Waals surface area (Å²) in [5.41, 5.74) is 12.4. The Labute approximate surface area is 203 Å². The zero-order valence-corrected chi connectivity index (χ0v) is 20.5. The van der Waals surface area contributed by atoms with Gasteiger partial charge in [-0.3, -0.25) is 0 Å². The lowest BCUT2D eigenvalue weighted by atomic mass is 9.88. The summed E-state index contributed by atoms with van der Waals surface area (Å²) in [4.78, 5) is 5.01. The third-order valence-electron chi connectivity index (χ3n) is 6.14. The molecule has 0 spiro atoms. The van der Waals surface area contributed by atoms with Gasteiger partial charge in [0.25, 0.3) is 0 Å². The van der Waals surface area contributed by atoms with Crippen LogP contribution in [0.5, 0.6) is 0 Å². The maximum Gasteiger partial charge on any atom is 0.0712 e. The molecule has 168 valence electrons. The first-order valence-corrected chi connectivity index (χ1v) is 11.7. The molecule has 1 nitrogen and oxygen atoms in total. The molecule has 0 saturated heterocycles. The molecule has 0 saturated carbocycles. The van der Waals surface area contributed by atoms with E-state index in [4.69, 9.17) is 4.99 Å². The molecule has 0 fully saturated rings. The normalized spacial score (nSPS) is 12.0. The zero-order valence-electron chi connectivity index (χ0n) is 20.5. The van der Waals surface area contributed by atoms with Crippen LogP contribution in [0.4, 0.5) is 0 Å². The molecule has 0 radical (unpaired) electrons. The molecule has 0 heterocycles. The second-order valence-electron chi connectivity index (χ2n) is 8.82. The Hall–Kier alpha value is -3.97. The van der Waals surface area contributed by atoms with Gasteiger partial charge in [-0.1, -0.05) is 103 Å². The van der Waals surface area contributed by atoms with Gasteiger partial charge < -0.3 is 0 Å². The van der Waals surface area contributed by atoms with Gasteiger partial charge in [0.1, 0.15) is 0 Å². The van der Waals surface area contributed by atoms with Gasteiger partial charge in [-0.2, -0.15) is 0 Å². The van der Waals surface area contributed by atoms with Crippen LogP contribution in [-0.4, -0.2) is 5.71 Å². The van der Waals surface area contributed by atoms with E-state index in [0.717, 1.165) is 22.5 Å². The highest BCUT2D eigenvalue weighted by Gasteiger charge is 2.13. The van der Waals surface area contributed by atoms with Gasteiger partial charge in [-0.25, -0.2) is 4.99 Å². The van der Waals surface area contributed by atoms with Crippen molar-refractivity contribution in [1.82, 2.24) is 0 Å². The highest BCUT2D eigenvalue weighted by Crippen LogP contribution is 2.34. The molecule has 0 N–H and O–H groups in total. The van der Waals surface area contributed by atoms with E-state index in [0.29, 0.717) is 0 Å². The SMILES string of the molecule is C=C(N=C(/C=C(\C)c1cccc(C)c1-c1ccccc1C)c1ccccc1)c1cccc(C)c1. The second-order valence-corrected chi connectivity index (χ2v) is 8.82. The first-order chi connectivity index (χ1) is 16.4. The fraction of sp³-hybridized carbons (Fsp3) is 0.121. The summed E-state index contributed by atoms with van der Waals surface area (Å²) in [6.45, 7) is 12.9. The van der Waals surface area contributed by atoms with Gasteiger partial charge in [0.2, 0.25) is 0 Å². The summed E-state index contributed by atoms with van der Waals surface area (Å²) in [6.07, 6.45) is 2.19. The molecule has 0 amide bonds. The molecule has 34 heavy (non-hydrogen) atoms. The van der Waals surface area contributed by atoms with Crippen molar-refractivity contribution >= 4 is 17.0 Å². The van der Waals surface area contributed by atoms with Crippen molar-refractivity contribution in [2.75, 3.05) is 0 Å². The average molecular weight is 442 g/mol. The van der Waals surface area contributed by atoms with Crippen LogP contribution in [0.3, 0.4) is 0 Å². The van der Waals surface area contributed by atoms with Crippen molar-refractivity contribution < 1.29 is 0 Å². The topological polar surface area (TPSA) is 12.4 Å². The molecule has 0 atom stereocenters. The number of rotatable bonds is 6. The molecular formula is C33H31N. The highest BCUT2D eigenvalue weighted by atomic mass is 14.8. The predicted octanol–water partition coefficient (Wildman–Crippen LogP) is 8.84. The lowest BCUT2D eigenvalue weighted by Gasteiger charge is -2.16. The maximum absolute atomic E-state index is 5.01. The molecular weight excluding hydrogens is 410 g/mol. The van der Waals surface area contributed by atoms with Crippen LogP contribution in [0.2, 0.25) is 0 Å². The molecule has 0 aliphatic rings. The van der Waals surface area contributed by atoms with Crippen molar-refractivity contribution in [2.45, 2.75) is 27.7 Å². The van der Waals surface area contributed by atoms with Crippen LogP contribution < -0.4 is 0 Å². The van der Waals surface area contributed by atoms with E-state index < -0.39 is 0 Å². The minimum atomic E-state index is 0.759. The first kappa shape index (κ1) is 23.2. The smallest absolute Gasteiger partial charge is 0.0712 e. The lowest BCUT2D eigenvalue weighted by molar-refractivity contribution is 1.39. The van der Waals surface area contributed by atoms with Gasteiger partial charge in [0, 0.05) is 5.56 Å². The van der Waals surface area contributed by atoms with Gasteiger partial charge in [0.15, 0.2) is 0 Å². The van der Waals surface area contributed by atoms with Gasteiger partial charge in [-0.15, -0.1) is 0 Å². The molecule has 4 aromatic rings. The van der Waals surface area contributed by atoms with Crippen molar-refractivity contribution in [3.8, 4) is 11.1 Å². The Balaban J connectivity index is 1.85. The molecule has 0 bridgehead atoms. The van der Waals surface area contributed by atoms with Crippen LogP contribution in [0.1, 0.15) is 40.3 Å². The minimum absolute atomic E-state index is 0.759. The van der Waals surface area contributed by atoms with Crippen LogP contribution in [0.25, 0.3) is 22.4 Å². The Morgan fingerprint density at radius 3 is 2.09 bits per heavy atom.